The molecule has 1 aromatic heterocycles. The highest BCUT2D eigenvalue weighted by Gasteiger charge is 2.52. The molecular weight excluding hydrogens is 270 g/mol. The van der Waals surface area contributed by atoms with Gasteiger partial charge in [0.05, 0.1) is 17.2 Å². The Labute approximate surface area is 124 Å². The van der Waals surface area contributed by atoms with Crippen molar-refractivity contribution in [1.29, 1.82) is 0 Å². The van der Waals surface area contributed by atoms with Gasteiger partial charge in [-0.2, -0.15) is 0 Å². The number of rotatable bonds is 3. The minimum absolute atomic E-state index is 0.0540. The van der Waals surface area contributed by atoms with Gasteiger partial charge in [-0.15, -0.1) is 0 Å². The Morgan fingerprint density at radius 1 is 1.52 bits per heavy atom. The van der Waals surface area contributed by atoms with E-state index in [1.54, 1.807) is 7.05 Å². The molecule has 3 heterocycles. The van der Waals surface area contributed by atoms with E-state index in [1.807, 2.05) is 13.8 Å². The third kappa shape index (κ3) is 2.36. The second kappa shape index (κ2) is 5.42. The number of hydrogen-bond acceptors (Lipinski definition) is 5. The van der Waals surface area contributed by atoms with Crippen molar-refractivity contribution < 1.29 is 14.1 Å². The first-order valence-corrected chi connectivity index (χ1v) is 7.55. The molecule has 0 bridgehead atoms. The van der Waals surface area contributed by atoms with Gasteiger partial charge in [0.2, 0.25) is 5.91 Å². The lowest BCUT2D eigenvalue weighted by Crippen LogP contribution is -2.56. The number of amides is 1. The van der Waals surface area contributed by atoms with Gasteiger partial charge in [-0.1, -0.05) is 5.16 Å². The molecule has 1 amide bonds. The normalized spacial score (nSPS) is 29.4. The minimum atomic E-state index is -0.397. The molecule has 0 radical (unpaired) electrons. The number of hydrogen-bond donors (Lipinski definition) is 1. The molecule has 3 rings (SSSR count). The molecule has 2 fully saturated rings. The van der Waals surface area contributed by atoms with Crippen molar-refractivity contribution in [3.8, 4) is 0 Å². The zero-order valence-corrected chi connectivity index (χ0v) is 12.9. The van der Waals surface area contributed by atoms with E-state index in [9.17, 15) is 4.79 Å². The van der Waals surface area contributed by atoms with Crippen molar-refractivity contribution in [3.05, 3.63) is 17.0 Å². The Hall–Kier alpha value is -1.40. The van der Waals surface area contributed by atoms with Crippen LogP contribution in [0.15, 0.2) is 4.52 Å². The minimum Gasteiger partial charge on any atom is -0.377 e. The fourth-order valence-electron chi connectivity index (χ4n) is 3.69. The maximum atomic E-state index is 12.4. The third-order valence-corrected chi connectivity index (χ3v) is 4.94. The number of ether oxygens (including phenoxy) is 1. The van der Waals surface area contributed by atoms with Crippen LogP contribution in [0.1, 0.15) is 29.9 Å². The molecule has 6 nitrogen and oxygen atoms in total. The first-order valence-electron chi connectivity index (χ1n) is 7.55. The van der Waals surface area contributed by atoms with Crippen LogP contribution in [0.2, 0.25) is 0 Å². The van der Waals surface area contributed by atoms with Gasteiger partial charge in [0, 0.05) is 38.9 Å². The number of aromatic nitrogens is 1. The molecule has 2 atom stereocenters. The lowest BCUT2D eigenvalue weighted by molar-refractivity contribution is -0.139. The van der Waals surface area contributed by atoms with Gasteiger partial charge in [0.25, 0.3) is 0 Å². The molecule has 0 saturated carbocycles. The van der Waals surface area contributed by atoms with Crippen LogP contribution in [-0.2, 0) is 16.1 Å². The first kappa shape index (κ1) is 14.5. The quantitative estimate of drug-likeness (QED) is 0.901. The van der Waals surface area contributed by atoms with Gasteiger partial charge >= 0.3 is 0 Å². The second-order valence-corrected chi connectivity index (χ2v) is 6.15. The molecule has 0 aromatic carbocycles. The summed E-state index contributed by atoms with van der Waals surface area (Å²) < 4.78 is 11.0. The van der Waals surface area contributed by atoms with Gasteiger partial charge in [0.1, 0.15) is 5.76 Å². The Morgan fingerprint density at radius 2 is 2.33 bits per heavy atom. The Kier molecular flexibility index (Phi) is 3.75. The Bertz CT molecular complexity index is 523. The highest BCUT2D eigenvalue weighted by Crippen LogP contribution is 2.41. The van der Waals surface area contributed by atoms with Crippen LogP contribution < -0.4 is 5.32 Å². The fraction of sp³-hybridized carbons (Fsp3) is 0.733. The van der Waals surface area contributed by atoms with E-state index in [4.69, 9.17) is 9.26 Å². The SMILES string of the molecule is CNC(=O)[C@]12CCO[C@H]1CCN(Cc1c(C)noc1C)C2. The fourth-order valence-corrected chi connectivity index (χ4v) is 3.69. The Balaban J connectivity index is 1.79. The molecule has 0 unspecified atom stereocenters. The molecule has 1 aromatic rings. The van der Waals surface area contributed by atoms with Crippen molar-refractivity contribution in [2.24, 2.45) is 5.41 Å². The third-order valence-electron chi connectivity index (χ3n) is 4.94. The monoisotopic (exact) mass is 293 g/mol. The topological polar surface area (TPSA) is 67.6 Å². The largest absolute Gasteiger partial charge is 0.377 e. The second-order valence-electron chi connectivity index (χ2n) is 6.15. The highest BCUT2D eigenvalue weighted by molar-refractivity contribution is 5.83. The van der Waals surface area contributed by atoms with Gasteiger partial charge < -0.3 is 14.6 Å². The first-order chi connectivity index (χ1) is 10.1. The maximum absolute atomic E-state index is 12.4. The van der Waals surface area contributed by atoms with E-state index in [2.05, 4.69) is 15.4 Å². The molecule has 0 spiro atoms. The number of nitrogens with one attached hydrogen (secondary N) is 1. The van der Waals surface area contributed by atoms with Gasteiger partial charge in [-0.05, 0) is 26.7 Å². The van der Waals surface area contributed by atoms with Crippen LogP contribution in [0.25, 0.3) is 0 Å². The molecule has 6 heteroatoms. The van der Waals surface area contributed by atoms with E-state index in [0.717, 1.165) is 49.5 Å². The molecular formula is C15H23N3O3. The summed E-state index contributed by atoms with van der Waals surface area (Å²) in [7, 11) is 1.71. The number of aryl methyl sites for hydroxylation is 2. The summed E-state index contributed by atoms with van der Waals surface area (Å²) in [6.07, 6.45) is 1.75. The average molecular weight is 293 g/mol. The molecule has 116 valence electrons. The van der Waals surface area contributed by atoms with Crippen LogP contribution in [0.4, 0.5) is 0 Å². The van der Waals surface area contributed by atoms with Gasteiger partial charge in [-0.3, -0.25) is 9.69 Å². The molecule has 1 N–H and O–H groups in total. The molecule has 2 aliphatic rings. The zero-order valence-electron chi connectivity index (χ0n) is 12.9. The summed E-state index contributed by atoms with van der Waals surface area (Å²) in [4.78, 5) is 14.7. The number of carbonyl (C=O) groups excluding carboxylic acids is 1. The summed E-state index contributed by atoms with van der Waals surface area (Å²) in [6.45, 7) is 7.04. The molecule has 0 aliphatic carbocycles. The van der Waals surface area contributed by atoms with E-state index >= 15 is 0 Å². The van der Waals surface area contributed by atoms with Crippen molar-refractivity contribution >= 4 is 5.91 Å². The number of carbonyl (C=O) groups is 1. The van der Waals surface area contributed by atoms with E-state index in [0.29, 0.717) is 6.61 Å². The number of nitrogens with zero attached hydrogens (tertiary/aromatic N) is 2. The molecule has 2 saturated heterocycles. The summed E-state index contributed by atoms with van der Waals surface area (Å²) in [5, 5.41) is 6.83. The average Bonchev–Trinajstić information content (AvgIpc) is 3.05. The zero-order chi connectivity index (χ0) is 15.0. The number of fused-ring (bicyclic) bond motifs is 1. The van der Waals surface area contributed by atoms with Crippen molar-refractivity contribution in [2.75, 3.05) is 26.7 Å². The summed E-state index contributed by atoms with van der Waals surface area (Å²) in [6, 6.07) is 0. The molecule has 21 heavy (non-hydrogen) atoms. The van der Waals surface area contributed by atoms with Crippen LogP contribution >= 0.6 is 0 Å². The van der Waals surface area contributed by atoms with Gasteiger partial charge in [-0.25, -0.2) is 0 Å². The summed E-state index contributed by atoms with van der Waals surface area (Å²) in [5.74, 6) is 0.972. The predicted molar refractivity (Wildman–Crippen MR) is 76.7 cm³/mol. The van der Waals surface area contributed by atoms with Crippen LogP contribution in [0.3, 0.4) is 0 Å². The van der Waals surface area contributed by atoms with E-state index in [1.165, 1.54) is 0 Å². The predicted octanol–water partition coefficient (Wildman–Crippen LogP) is 1.02. The Morgan fingerprint density at radius 3 is 3.00 bits per heavy atom. The highest BCUT2D eigenvalue weighted by atomic mass is 16.5. The van der Waals surface area contributed by atoms with Crippen LogP contribution in [0.5, 0.6) is 0 Å². The van der Waals surface area contributed by atoms with Crippen LogP contribution in [-0.4, -0.2) is 48.8 Å². The standard InChI is InChI=1S/C15H23N3O3/c1-10-12(11(2)21-17-10)8-18-6-4-13-15(9-18,5-7-20-13)14(19)16-3/h13H,4-9H2,1-3H3,(H,16,19)/t13-,15-/m0/s1. The lowest BCUT2D eigenvalue weighted by Gasteiger charge is -2.42. The van der Waals surface area contributed by atoms with E-state index in [-0.39, 0.29) is 12.0 Å². The van der Waals surface area contributed by atoms with Crippen molar-refractivity contribution in [1.82, 2.24) is 15.4 Å². The summed E-state index contributed by atoms with van der Waals surface area (Å²) >= 11 is 0. The lowest BCUT2D eigenvalue weighted by atomic mass is 9.75. The number of piperidine rings is 1. The van der Waals surface area contributed by atoms with Gasteiger partial charge in [0.15, 0.2) is 0 Å². The number of likely N-dealkylation sites (tertiary alicyclic amines) is 1. The van der Waals surface area contributed by atoms with Crippen molar-refractivity contribution in [3.63, 3.8) is 0 Å². The van der Waals surface area contributed by atoms with Crippen LogP contribution in [0, 0.1) is 19.3 Å². The maximum Gasteiger partial charge on any atom is 0.229 e. The van der Waals surface area contributed by atoms with E-state index < -0.39 is 5.41 Å². The smallest absolute Gasteiger partial charge is 0.229 e. The summed E-state index contributed by atoms with van der Waals surface area (Å²) in [5.41, 5.74) is 1.68. The van der Waals surface area contributed by atoms with Crippen molar-refractivity contribution in [2.45, 2.75) is 39.3 Å². The molecule has 2 aliphatic heterocycles.